The summed E-state index contributed by atoms with van der Waals surface area (Å²) in [4.78, 5) is 0. The monoisotopic (exact) mass is 170 g/mol. The van der Waals surface area contributed by atoms with E-state index in [-0.39, 0.29) is 0 Å². The van der Waals surface area contributed by atoms with Gasteiger partial charge in [-0.2, -0.15) is 0 Å². The van der Waals surface area contributed by atoms with Crippen LogP contribution in [0.1, 0.15) is 78.1 Å². The molecule has 0 saturated heterocycles. The maximum Gasteiger partial charge on any atom is -0.0533 e. The summed E-state index contributed by atoms with van der Waals surface area (Å²) in [5.41, 5.74) is 0. The van der Waals surface area contributed by atoms with Gasteiger partial charge in [0.25, 0.3) is 0 Å². The second-order valence-corrected chi connectivity index (χ2v) is 3.83. The van der Waals surface area contributed by atoms with Crippen LogP contribution in [0.15, 0.2) is 0 Å². The summed E-state index contributed by atoms with van der Waals surface area (Å²) in [6.07, 6.45) is 14.5. The Labute approximate surface area is 78.8 Å². The van der Waals surface area contributed by atoms with E-state index in [2.05, 4.69) is 13.8 Å². The Morgan fingerprint density at radius 1 is 0.583 bits per heavy atom. The molecule has 1 fully saturated rings. The third-order valence-corrected chi connectivity index (χ3v) is 2.46. The van der Waals surface area contributed by atoms with Gasteiger partial charge < -0.3 is 0 Å². The maximum absolute atomic E-state index is 2.25. The molecule has 0 heteroatoms. The molecule has 0 aromatic heterocycles. The molecule has 0 bridgehead atoms. The van der Waals surface area contributed by atoms with Crippen molar-refractivity contribution in [2.24, 2.45) is 0 Å². The van der Waals surface area contributed by atoms with Crippen LogP contribution in [0.2, 0.25) is 0 Å². The fourth-order valence-electron chi connectivity index (χ4n) is 1.56. The lowest BCUT2D eigenvalue weighted by atomic mass is 10.2. The molecule has 1 rings (SSSR count). The zero-order chi connectivity index (χ0) is 9.07. The maximum atomic E-state index is 2.25. The van der Waals surface area contributed by atoms with Crippen LogP contribution in [0.5, 0.6) is 0 Å². The number of hydrogen-bond donors (Lipinski definition) is 0. The van der Waals surface area contributed by atoms with Gasteiger partial charge in [-0.15, -0.1) is 0 Å². The van der Waals surface area contributed by atoms with Crippen molar-refractivity contribution in [1.29, 1.82) is 0 Å². The van der Waals surface area contributed by atoms with Crippen molar-refractivity contribution in [1.82, 2.24) is 0 Å². The van der Waals surface area contributed by atoms with Gasteiger partial charge in [0, 0.05) is 0 Å². The molecule has 0 aromatic rings. The molecule has 0 spiro atoms. The van der Waals surface area contributed by atoms with E-state index in [1.54, 1.807) is 0 Å². The van der Waals surface area contributed by atoms with Crippen molar-refractivity contribution in [3.63, 3.8) is 0 Å². The molecule has 0 aromatic carbocycles. The zero-order valence-electron chi connectivity index (χ0n) is 9.07. The van der Waals surface area contributed by atoms with E-state index < -0.39 is 0 Å². The molecule has 0 atom stereocenters. The standard InChI is InChI=1S/C7H16.C5H10/c1-3-5-7-6-4-2;1-2-4-5-3-1/h3-7H2,1-2H3;1-5H2. The minimum atomic E-state index is 1.36. The normalized spacial score (nSPS) is 15.5. The van der Waals surface area contributed by atoms with Crippen molar-refractivity contribution < 1.29 is 0 Å². The van der Waals surface area contributed by atoms with Crippen LogP contribution in [0.25, 0.3) is 0 Å². The highest BCUT2D eigenvalue weighted by atomic mass is 14.0. The van der Waals surface area contributed by atoms with Crippen molar-refractivity contribution in [2.75, 3.05) is 0 Å². The Bertz CT molecular complexity index is 50.8. The fraction of sp³-hybridized carbons (Fsp3) is 1.00. The van der Waals surface area contributed by atoms with Gasteiger partial charge in [-0.1, -0.05) is 78.1 Å². The summed E-state index contributed by atoms with van der Waals surface area (Å²) >= 11 is 0. The lowest BCUT2D eigenvalue weighted by Crippen LogP contribution is -1.70. The van der Waals surface area contributed by atoms with Gasteiger partial charge in [0.2, 0.25) is 0 Å². The first kappa shape index (κ1) is 12.0. The van der Waals surface area contributed by atoms with Gasteiger partial charge in [0.05, 0.1) is 0 Å². The first-order chi connectivity index (χ1) is 5.91. The summed E-state index contributed by atoms with van der Waals surface area (Å²) in [6.45, 7) is 4.49. The Balaban J connectivity index is 0.000000211. The van der Waals surface area contributed by atoms with Crippen LogP contribution in [-0.2, 0) is 0 Å². The summed E-state index contributed by atoms with van der Waals surface area (Å²) < 4.78 is 0. The summed E-state index contributed by atoms with van der Waals surface area (Å²) in [6, 6.07) is 0. The third-order valence-electron chi connectivity index (χ3n) is 2.46. The highest BCUT2D eigenvalue weighted by Crippen LogP contribution is 2.15. The summed E-state index contributed by atoms with van der Waals surface area (Å²) in [7, 11) is 0. The predicted molar refractivity (Wildman–Crippen MR) is 57.5 cm³/mol. The van der Waals surface area contributed by atoms with Gasteiger partial charge in [-0.3, -0.25) is 0 Å². The number of rotatable bonds is 4. The molecule has 1 saturated carbocycles. The molecule has 0 aliphatic heterocycles. The lowest BCUT2D eigenvalue weighted by molar-refractivity contribution is 0.656. The average molecular weight is 170 g/mol. The first-order valence-corrected chi connectivity index (χ1v) is 5.91. The van der Waals surface area contributed by atoms with Crippen molar-refractivity contribution in [2.45, 2.75) is 78.1 Å². The molecule has 1 aliphatic carbocycles. The Morgan fingerprint density at radius 3 is 1.17 bits per heavy atom. The van der Waals surface area contributed by atoms with Crippen molar-refractivity contribution >= 4 is 0 Å². The Kier molecular flexibility index (Phi) is 11.0. The van der Waals surface area contributed by atoms with E-state index in [1.165, 1.54) is 64.2 Å². The highest BCUT2D eigenvalue weighted by molar-refractivity contribution is 4.51. The molecule has 1 aliphatic rings. The average Bonchev–Trinajstić information content (AvgIpc) is 2.62. The van der Waals surface area contributed by atoms with Gasteiger partial charge in [0.15, 0.2) is 0 Å². The van der Waals surface area contributed by atoms with Crippen LogP contribution in [0.3, 0.4) is 0 Å². The fourth-order valence-corrected chi connectivity index (χ4v) is 1.56. The van der Waals surface area contributed by atoms with Gasteiger partial charge in [-0.25, -0.2) is 0 Å². The van der Waals surface area contributed by atoms with E-state index in [0.29, 0.717) is 0 Å². The van der Waals surface area contributed by atoms with E-state index in [9.17, 15) is 0 Å². The number of unbranched alkanes of at least 4 members (excludes halogenated alkanes) is 4. The van der Waals surface area contributed by atoms with Gasteiger partial charge in [-0.05, 0) is 0 Å². The summed E-state index contributed by atoms with van der Waals surface area (Å²) in [5, 5.41) is 0. The second kappa shape index (κ2) is 11.0. The molecule has 74 valence electrons. The van der Waals surface area contributed by atoms with E-state index in [1.807, 2.05) is 0 Å². The quantitative estimate of drug-likeness (QED) is 0.525. The van der Waals surface area contributed by atoms with E-state index >= 15 is 0 Å². The smallest absolute Gasteiger partial charge is 0.0533 e. The molecular weight excluding hydrogens is 144 g/mol. The Hall–Kier alpha value is 0. The van der Waals surface area contributed by atoms with Crippen molar-refractivity contribution in [3.8, 4) is 0 Å². The van der Waals surface area contributed by atoms with Crippen molar-refractivity contribution in [3.05, 3.63) is 0 Å². The molecule has 0 N–H and O–H groups in total. The minimum absolute atomic E-state index is 1.36. The molecule has 12 heavy (non-hydrogen) atoms. The minimum Gasteiger partial charge on any atom is -0.0654 e. The predicted octanol–water partition coefficient (Wildman–Crippen LogP) is 4.93. The van der Waals surface area contributed by atoms with Crippen LogP contribution < -0.4 is 0 Å². The lowest BCUT2D eigenvalue weighted by Gasteiger charge is -1.90. The van der Waals surface area contributed by atoms with Gasteiger partial charge in [0.1, 0.15) is 0 Å². The molecule has 0 nitrogen and oxygen atoms in total. The van der Waals surface area contributed by atoms with Crippen LogP contribution in [-0.4, -0.2) is 0 Å². The molecular formula is C12H26. The SMILES string of the molecule is C1CCCC1.CCCCCCC. The molecule has 0 unspecified atom stereocenters. The largest absolute Gasteiger partial charge is 0.0654 e. The first-order valence-electron chi connectivity index (χ1n) is 5.91. The van der Waals surface area contributed by atoms with E-state index in [0.717, 1.165) is 0 Å². The van der Waals surface area contributed by atoms with Crippen LogP contribution in [0.4, 0.5) is 0 Å². The second-order valence-electron chi connectivity index (χ2n) is 3.83. The van der Waals surface area contributed by atoms with E-state index in [4.69, 9.17) is 0 Å². The summed E-state index contributed by atoms with van der Waals surface area (Å²) in [5.74, 6) is 0. The van der Waals surface area contributed by atoms with Crippen LogP contribution in [0, 0.1) is 0 Å². The molecule has 0 heterocycles. The highest BCUT2D eigenvalue weighted by Gasteiger charge is 1.95. The Morgan fingerprint density at radius 2 is 0.917 bits per heavy atom. The topological polar surface area (TPSA) is 0 Å². The van der Waals surface area contributed by atoms with Crippen LogP contribution >= 0.6 is 0 Å². The molecule has 0 amide bonds. The number of hydrogen-bond acceptors (Lipinski definition) is 0. The zero-order valence-corrected chi connectivity index (χ0v) is 9.07. The van der Waals surface area contributed by atoms with Gasteiger partial charge >= 0.3 is 0 Å². The molecule has 0 radical (unpaired) electrons. The third kappa shape index (κ3) is 10.0.